The molecule has 0 spiro atoms. The van der Waals surface area contributed by atoms with Gasteiger partial charge in [-0.25, -0.2) is 0 Å². The summed E-state index contributed by atoms with van der Waals surface area (Å²) in [6.07, 6.45) is 3.84. The Balaban J connectivity index is 1.96. The van der Waals surface area contributed by atoms with Crippen molar-refractivity contribution in [1.29, 1.82) is 0 Å². The summed E-state index contributed by atoms with van der Waals surface area (Å²) >= 11 is 0. The maximum atomic E-state index is 5.64. The average molecular weight is 204 g/mol. The van der Waals surface area contributed by atoms with Gasteiger partial charge in [-0.1, -0.05) is 24.3 Å². The van der Waals surface area contributed by atoms with Gasteiger partial charge in [0, 0.05) is 6.54 Å². The quantitative estimate of drug-likeness (QED) is 0.786. The van der Waals surface area contributed by atoms with Crippen LogP contribution in [0.3, 0.4) is 0 Å². The van der Waals surface area contributed by atoms with Crippen LogP contribution in [0.5, 0.6) is 0 Å². The Labute approximate surface area is 91.9 Å². The van der Waals surface area contributed by atoms with E-state index in [0.717, 1.165) is 5.92 Å². The molecule has 2 heteroatoms. The zero-order valence-electron chi connectivity index (χ0n) is 9.21. The summed E-state index contributed by atoms with van der Waals surface area (Å²) in [6.45, 7) is 3.02. The smallest absolute Gasteiger partial charge is 0.0178 e. The molecule has 1 heterocycles. The summed E-state index contributed by atoms with van der Waals surface area (Å²) in [5, 5.41) is 3.40. The Morgan fingerprint density at radius 2 is 1.93 bits per heavy atom. The van der Waals surface area contributed by atoms with E-state index in [0.29, 0.717) is 6.54 Å². The molecule has 0 saturated carbocycles. The van der Waals surface area contributed by atoms with Crippen LogP contribution in [0.4, 0.5) is 0 Å². The highest BCUT2D eigenvalue weighted by Crippen LogP contribution is 2.18. The first-order chi connectivity index (χ1) is 7.38. The van der Waals surface area contributed by atoms with E-state index in [1.807, 2.05) is 0 Å². The largest absolute Gasteiger partial charge is 0.326 e. The highest BCUT2D eigenvalue weighted by Gasteiger charge is 2.13. The van der Waals surface area contributed by atoms with Crippen LogP contribution in [0.2, 0.25) is 0 Å². The van der Waals surface area contributed by atoms with Crippen molar-refractivity contribution in [3.8, 4) is 0 Å². The highest BCUT2D eigenvalue weighted by molar-refractivity contribution is 5.23. The molecule has 82 valence electrons. The lowest BCUT2D eigenvalue weighted by Crippen LogP contribution is -2.28. The third-order valence-corrected chi connectivity index (χ3v) is 3.21. The third-order valence-electron chi connectivity index (χ3n) is 3.21. The molecule has 1 aliphatic rings. The number of piperidine rings is 1. The van der Waals surface area contributed by atoms with E-state index in [1.54, 1.807) is 0 Å². The molecule has 0 aliphatic carbocycles. The molecule has 0 bridgehead atoms. The standard InChI is InChI=1S/C13H20N2/c14-10-13-3-1-2-12(9-13)8-11-4-6-15-7-5-11/h1-3,9,11,15H,4-8,10,14H2. The van der Waals surface area contributed by atoms with E-state index >= 15 is 0 Å². The second-order valence-corrected chi connectivity index (χ2v) is 4.42. The van der Waals surface area contributed by atoms with Gasteiger partial charge in [-0.3, -0.25) is 0 Å². The fourth-order valence-electron chi connectivity index (χ4n) is 2.30. The van der Waals surface area contributed by atoms with E-state index in [1.165, 1.54) is 43.5 Å². The average Bonchev–Trinajstić information content (AvgIpc) is 2.31. The molecule has 0 amide bonds. The highest BCUT2D eigenvalue weighted by atomic mass is 14.9. The van der Waals surface area contributed by atoms with E-state index in [9.17, 15) is 0 Å². The van der Waals surface area contributed by atoms with Crippen LogP contribution in [0.15, 0.2) is 24.3 Å². The van der Waals surface area contributed by atoms with Gasteiger partial charge in [0.15, 0.2) is 0 Å². The predicted molar refractivity (Wildman–Crippen MR) is 63.6 cm³/mol. The van der Waals surface area contributed by atoms with Crippen molar-refractivity contribution >= 4 is 0 Å². The van der Waals surface area contributed by atoms with Crippen molar-refractivity contribution < 1.29 is 0 Å². The normalized spacial score (nSPS) is 17.9. The minimum atomic E-state index is 0.653. The van der Waals surface area contributed by atoms with Crippen molar-refractivity contribution in [3.63, 3.8) is 0 Å². The molecule has 0 atom stereocenters. The molecule has 2 rings (SSSR count). The zero-order chi connectivity index (χ0) is 10.5. The fraction of sp³-hybridized carbons (Fsp3) is 0.538. The molecule has 1 aromatic rings. The molecule has 1 fully saturated rings. The maximum absolute atomic E-state index is 5.64. The lowest BCUT2D eigenvalue weighted by molar-refractivity contribution is 0.372. The summed E-state index contributed by atoms with van der Waals surface area (Å²) in [5.41, 5.74) is 8.34. The summed E-state index contributed by atoms with van der Waals surface area (Å²) in [5.74, 6) is 0.860. The molecule has 1 aliphatic heterocycles. The van der Waals surface area contributed by atoms with Gasteiger partial charge in [0.1, 0.15) is 0 Å². The van der Waals surface area contributed by atoms with E-state index in [2.05, 4.69) is 29.6 Å². The van der Waals surface area contributed by atoms with Crippen molar-refractivity contribution in [2.45, 2.75) is 25.8 Å². The molecule has 0 radical (unpaired) electrons. The van der Waals surface area contributed by atoms with Crippen molar-refractivity contribution in [1.82, 2.24) is 5.32 Å². The Morgan fingerprint density at radius 3 is 2.67 bits per heavy atom. The Morgan fingerprint density at radius 1 is 1.20 bits per heavy atom. The topological polar surface area (TPSA) is 38.0 Å². The minimum Gasteiger partial charge on any atom is -0.326 e. The second kappa shape index (κ2) is 5.29. The van der Waals surface area contributed by atoms with E-state index in [-0.39, 0.29) is 0 Å². The van der Waals surface area contributed by atoms with Gasteiger partial charge in [0.25, 0.3) is 0 Å². The molecule has 3 N–H and O–H groups in total. The van der Waals surface area contributed by atoms with E-state index < -0.39 is 0 Å². The lowest BCUT2D eigenvalue weighted by atomic mass is 9.90. The second-order valence-electron chi connectivity index (χ2n) is 4.42. The summed E-state index contributed by atoms with van der Waals surface area (Å²) in [7, 11) is 0. The van der Waals surface area contributed by atoms with Crippen LogP contribution in [0.25, 0.3) is 0 Å². The van der Waals surface area contributed by atoms with Gasteiger partial charge in [0.2, 0.25) is 0 Å². The van der Waals surface area contributed by atoms with Gasteiger partial charge in [-0.05, 0) is 49.4 Å². The molecule has 0 aromatic heterocycles. The van der Waals surface area contributed by atoms with Gasteiger partial charge in [-0.2, -0.15) is 0 Å². The predicted octanol–water partition coefficient (Wildman–Crippen LogP) is 1.69. The van der Waals surface area contributed by atoms with Gasteiger partial charge < -0.3 is 11.1 Å². The van der Waals surface area contributed by atoms with Crippen molar-refractivity contribution in [2.24, 2.45) is 11.7 Å². The zero-order valence-corrected chi connectivity index (χ0v) is 9.21. The first kappa shape index (κ1) is 10.7. The number of nitrogens with two attached hydrogens (primary N) is 1. The van der Waals surface area contributed by atoms with Gasteiger partial charge in [-0.15, -0.1) is 0 Å². The molecular formula is C13H20N2. The lowest BCUT2D eigenvalue weighted by Gasteiger charge is -2.22. The van der Waals surface area contributed by atoms with Crippen LogP contribution in [-0.4, -0.2) is 13.1 Å². The SMILES string of the molecule is NCc1cccc(CC2CCNCC2)c1. The molecule has 1 saturated heterocycles. The Hall–Kier alpha value is -0.860. The number of hydrogen-bond acceptors (Lipinski definition) is 2. The number of rotatable bonds is 3. The van der Waals surface area contributed by atoms with Crippen LogP contribution in [0.1, 0.15) is 24.0 Å². The minimum absolute atomic E-state index is 0.653. The molecule has 1 aromatic carbocycles. The van der Waals surface area contributed by atoms with Crippen LogP contribution < -0.4 is 11.1 Å². The first-order valence-corrected chi connectivity index (χ1v) is 5.87. The first-order valence-electron chi connectivity index (χ1n) is 5.87. The maximum Gasteiger partial charge on any atom is 0.0178 e. The Kier molecular flexibility index (Phi) is 3.75. The van der Waals surface area contributed by atoms with E-state index in [4.69, 9.17) is 5.73 Å². The number of nitrogens with one attached hydrogen (secondary N) is 1. The summed E-state index contributed by atoms with van der Waals surface area (Å²) in [4.78, 5) is 0. The Bertz CT molecular complexity index is 303. The van der Waals surface area contributed by atoms with Crippen LogP contribution in [-0.2, 0) is 13.0 Å². The fourth-order valence-corrected chi connectivity index (χ4v) is 2.30. The number of hydrogen-bond donors (Lipinski definition) is 2. The van der Waals surface area contributed by atoms with Crippen LogP contribution in [0, 0.1) is 5.92 Å². The van der Waals surface area contributed by atoms with Crippen molar-refractivity contribution in [3.05, 3.63) is 35.4 Å². The molecule has 15 heavy (non-hydrogen) atoms. The van der Waals surface area contributed by atoms with Gasteiger partial charge in [0.05, 0.1) is 0 Å². The van der Waals surface area contributed by atoms with Crippen LogP contribution >= 0.6 is 0 Å². The molecule has 2 nitrogen and oxygen atoms in total. The summed E-state index contributed by atoms with van der Waals surface area (Å²) < 4.78 is 0. The van der Waals surface area contributed by atoms with Crippen molar-refractivity contribution in [2.75, 3.05) is 13.1 Å². The molecule has 0 unspecified atom stereocenters. The summed E-state index contributed by atoms with van der Waals surface area (Å²) in [6, 6.07) is 8.70. The molecular weight excluding hydrogens is 184 g/mol. The van der Waals surface area contributed by atoms with Gasteiger partial charge >= 0.3 is 0 Å². The third kappa shape index (κ3) is 3.05. The monoisotopic (exact) mass is 204 g/mol. The number of benzene rings is 1.